The third-order valence-electron chi connectivity index (χ3n) is 4.30. The average Bonchev–Trinajstić information content (AvgIpc) is 2.45. The minimum Gasteiger partial charge on any atom is -0.507 e. The Morgan fingerprint density at radius 1 is 1.10 bits per heavy atom. The number of hydrogen-bond acceptors (Lipinski definition) is 5. The van der Waals surface area contributed by atoms with Gasteiger partial charge in [-0.25, -0.2) is 0 Å². The van der Waals surface area contributed by atoms with E-state index in [4.69, 9.17) is 0 Å². The maximum absolute atomic E-state index is 9.99. The van der Waals surface area contributed by atoms with E-state index < -0.39 is 0 Å². The van der Waals surface area contributed by atoms with Crippen LogP contribution in [0, 0.1) is 0 Å². The smallest absolute Gasteiger partial charge is 0.124 e. The lowest BCUT2D eigenvalue weighted by Gasteiger charge is -2.38. The summed E-state index contributed by atoms with van der Waals surface area (Å²) < 4.78 is 0. The van der Waals surface area contributed by atoms with Crippen molar-refractivity contribution in [2.45, 2.75) is 13.0 Å². The van der Waals surface area contributed by atoms with Crippen LogP contribution < -0.4 is 0 Å². The van der Waals surface area contributed by atoms with Crippen LogP contribution in [-0.4, -0.2) is 78.3 Å². The number of nitrogens with zero attached hydrogens (tertiary/aromatic N) is 3. The Bertz CT molecular complexity index is 437. The van der Waals surface area contributed by atoms with Crippen molar-refractivity contribution < 1.29 is 10.2 Å². The highest BCUT2D eigenvalue weighted by Gasteiger charge is 2.25. The number of piperazine rings is 1. The molecule has 1 atom stereocenters. The van der Waals surface area contributed by atoms with Crippen LogP contribution in [0.4, 0.5) is 0 Å². The molecular weight excluding hydrogens is 266 g/mol. The number of phenols is 2. The predicted molar refractivity (Wildman–Crippen MR) is 84.8 cm³/mol. The zero-order valence-corrected chi connectivity index (χ0v) is 13.3. The third kappa shape index (κ3) is 4.09. The second-order valence-corrected chi connectivity index (χ2v) is 6.07. The lowest BCUT2D eigenvalue weighted by Crippen LogP contribution is -2.48. The van der Waals surface area contributed by atoms with Crippen LogP contribution >= 0.6 is 0 Å². The normalized spacial score (nSPS) is 19.0. The van der Waals surface area contributed by atoms with Crippen molar-refractivity contribution >= 4 is 0 Å². The Balaban J connectivity index is 1.93. The van der Waals surface area contributed by atoms with Gasteiger partial charge in [-0.3, -0.25) is 9.80 Å². The van der Waals surface area contributed by atoms with E-state index in [2.05, 4.69) is 28.8 Å². The predicted octanol–water partition coefficient (Wildman–Crippen LogP) is 1.34. The van der Waals surface area contributed by atoms with Gasteiger partial charge in [-0.2, -0.15) is 0 Å². The number of rotatable bonds is 5. The van der Waals surface area contributed by atoms with Crippen LogP contribution in [0.2, 0.25) is 0 Å². The van der Waals surface area contributed by atoms with Crippen molar-refractivity contribution in [3.05, 3.63) is 23.8 Å². The van der Waals surface area contributed by atoms with Gasteiger partial charge in [-0.05, 0) is 33.2 Å². The molecule has 0 saturated carbocycles. The van der Waals surface area contributed by atoms with E-state index >= 15 is 0 Å². The van der Waals surface area contributed by atoms with E-state index in [9.17, 15) is 10.2 Å². The van der Waals surface area contributed by atoms with Crippen LogP contribution in [-0.2, 0) is 0 Å². The summed E-state index contributed by atoms with van der Waals surface area (Å²) in [4.78, 5) is 6.99. The van der Waals surface area contributed by atoms with Crippen molar-refractivity contribution in [2.75, 3.05) is 53.4 Å². The molecule has 0 spiro atoms. The molecule has 5 heteroatoms. The monoisotopic (exact) mass is 293 g/mol. The molecule has 0 radical (unpaired) electrons. The summed E-state index contributed by atoms with van der Waals surface area (Å²) in [6.07, 6.45) is 0. The molecular formula is C16H27N3O2. The van der Waals surface area contributed by atoms with E-state index in [1.165, 1.54) is 0 Å². The van der Waals surface area contributed by atoms with Crippen LogP contribution in [0.15, 0.2) is 18.2 Å². The van der Waals surface area contributed by atoms with Crippen molar-refractivity contribution in [2.24, 2.45) is 0 Å². The first-order valence-corrected chi connectivity index (χ1v) is 7.61. The second kappa shape index (κ2) is 7.11. The Morgan fingerprint density at radius 3 is 2.19 bits per heavy atom. The molecule has 21 heavy (non-hydrogen) atoms. The summed E-state index contributed by atoms with van der Waals surface area (Å²) in [6.45, 7) is 8.21. The SMILES string of the molecule is CC(c1c(O)cccc1O)N1CCN(CCN(C)C)CC1. The van der Waals surface area contributed by atoms with Gasteiger partial charge in [0.15, 0.2) is 0 Å². The van der Waals surface area contributed by atoms with Crippen molar-refractivity contribution in [1.29, 1.82) is 0 Å². The molecule has 1 aliphatic rings. The van der Waals surface area contributed by atoms with Crippen LogP contribution in [0.1, 0.15) is 18.5 Å². The fourth-order valence-corrected chi connectivity index (χ4v) is 2.87. The zero-order chi connectivity index (χ0) is 15.4. The topological polar surface area (TPSA) is 50.2 Å². The van der Waals surface area contributed by atoms with Crippen LogP contribution in [0.3, 0.4) is 0 Å². The first kappa shape index (κ1) is 16.1. The summed E-state index contributed by atoms with van der Waals surface area (Å²) in [5.74, 6) is 0.357. The number of aromatic hydroxyl groups is 2. The Labute approximate surface area is 127 Å². The largest absolute Gasteiger partial charge is 0.507 e. The third-order valence-corrected chi connectivity index (χ3v) is 4.30. The van der Waals surface area contributed by atoms with Gasteiger partial charge in [-0.1, -0.05) is 6.07 Å². The molecule has 5 nitrogen and oxygen atoms in total. The van der Waals surface area contributed by atoms with E-state index in [0.29, 0.717) is 5.56 Å². The molecule has 0 amide bonds. The molecule has 1 saturated heterocycles. The number of phenolic OH excluding ortho intramolecular Hbond substituents is 2. The number of hydrogen-bond donors (Lipinski definition) is 2. The van der Waals surface area contributed by atoms with E-state index in [0.717, 1.165) is 39.3 Å². The van der Waals surface area contributed by atoms with Gasteiger partial charge in [0, 0.05) is 45.3 Å². The highest BCUT2D eigenvalue weighted by Crippen LogP contribution is 2.35. The van der Waals surface area contributed by atoms with Gasteiger partial charge < -0.3 is 15.1 Å². The molecule has 2 rings (SSSR count). The van der Waals surface area contributed by atoms with Crippen molar-refractivity contribution in [3.8, 4) is 11.5 Å². The molecule has 1 heterocycles. The molecule has 1 aromatic rings. The highest BCUT2D eigenvalue weighted by molar-refractivity contribution is 5.45. The lowest BCUT2D eigenvalue weighted by molar-refractivity contribution is 0.0957. The fourth-order valence-electron chi connectivity index (χ4n) is 2.87. The van der Waals surface area contributed by atoms with Gasteiger partial charge in [0.05, 0.1) is 5.56 Å². The molecule has 1 unspecified atom stereocenters. The highest BCUT2D eigenvalue weighted by atomic mass is 16.3. The van der Waals surface area contributed by atoms with Gasteiger partial charge in [0.25, 0.3) is 0 Å². The van der Waals surface area contributed by atoms with E-state index in [1.54, 1.807) is 18.2 Å². The van der Waals surface area contributed by atoms with Gasteiger partial charge in [-0.15, -0.1) is 0 Å². The van der Waals surface area contributed by atoms with Crippen LogP contribution in [0.5, 0.6) is 11.5 Å². The van der Waals surface area contributed by atoms with Crippen LogP contribution in [0.25, 0.3) is 0 Å². The average molecular weight is 293 g/mol. The van der Waals surface area contributed by atoms with Gasteiger partial charge in [0.1, 0.15) is 11.5 Å². The summed E-state index contributed by atoms with van der Waals surface area (Å²) in [5, 5.41) is 20.0. The molecule has 1 aliphatic heterocycles. The Hall–Kier alpha value is -1.30. The molecule has 118 valence electrons. The Kier molecular flexibility index (Phi) is 5.45. The quantitative estimate of drug-likeness (QED) is 0.858. The Morgan fingerprint density at radius 2 is 1.67 bits per heavy atom. The molecule has 0 bridgehead atoms. The zero-order valence-electron chi connectivity index (χ0n) is 13.3. The van der Waals surface area contributed by atoms with E-state index in [-0.39, 0.29) is 17.5 Å². The first-order valence-electron chi connectivity index (χ1n) is 7.61. The van der Waals surface area contributed by atoms with Crippen molar-refractivity contribution in [1.82, 2.24) is 14.7 Å². The molecule has 0 aromatic heterocycles. The number of benzene rings is 1. The maximum Gasteiger partial charge on any atom is 0.124 e. The number of likely N-dealkylation sites (N-methyl/N-ethyl adjacent to an activating group) is 1. The van der Waals surface area contributed by atoms with E-state index in [1.807, 2.05) is 6.92 Å². The molecule has 2 N–H and O–H groups in total. The minimum atomic E-state index is 0.0298. The minimum absolute atomic E-state index is 0.0298. The molecule has 1 fully saturated rings. The fraction of sp³-hybridized carbons (Fsp3) is 0.625. The van der Waals surface area contributed by atoms with Crippen molar-refractivity contribution in [3.63, 3.8) is 0 Å². The van der Waals surface area contributed by atoms with Gasteiger partial charge >= 0.3 is 0 Å². The molecule has 1 aromatic carbocycles. The first-order chi connectivity index (χ1) is 9.99. The maximum atomic E-state index is 9.99. The standard InChI is InChI=1S/C16H27N3O2/c1-13(16-14(20)5-4-6-15(16)21)19-11-9-18(10-12-19)8-7-17(2)3/h4-6,13,20-21H,7-12H2,1-3H3. The summed E-state index contributed by atoms with van der Waals surface area (Å²) >= 11 is 0. The molecule has 0 aliphatic carbocycles. The summed E-state index contributed by atoms with van der Waals surface area (Å²) in [5.41, 5.74) is 0.638. The second-order valence-electron chi connectivity index (χ2n) is 6.07. The van der Waals surface area contributed by atoms with Gasteiger partial charge in [0.2, 0.25) is 0 Å². The summed E-state index contributed by atoms with van der Waals surface area (Å²) in [6, 6.07) is 4.97. The summed E-state index contributed by atoms with van der Waals surface area (Å²) in [7, 11) is 4.19. The lowest BCUT2D eigenvalue weighted by atomic mass is 10.0.